The van der Waals surface area contributed by atoms with Crippen molar-refractivity contribution >= 4 is 18.3 Å². The number of ether oxygens (including phenoxy) is 1. The molecule has 0 spiro atoms. The standard InChI is InChI=1S/C12H24N2O2.ClH/c1-9(2)11(13)12(15)14-6-4-10(5-7-14)8-16-3;/h9-11H,4-8,13H2,1-3H3;1H. The first-order valence-electron chi connectivity index (χ1n) is 6.09. The van der Waals surface area contributed by atoms with Crippen LogP contribution in [0.5, 0.6) is 0 Å². The molecule has 1 atom stereocenters. The van der Waals surface area contributed by atoms with Gasteiger partial charge in [-0.2, -0.15) is 0 Å². The average molecular weight is 265 g/mol. The van der Waals surface area contributed by atoms with E-state index in [-0.39, 0.29) is 30.3 Å². The first-order valence-corrected chi connectivity index (χ1v) is 6.09. The zero-order valence-corrected chi connectivity index (χ0v) is 11.8. The predicted octanol–water partition coefficient (Wildman–Crippen LogP) is 1.28. The van der Waals surface area contributed by atoms with E-state index in [1.54, 1.807) is 7.11 Å². The summed E-state index contributed by atoms with van der Waals surface area (Å²) in [5.74, 6) is 0.916. The van der Waals surface area contributed by atoms with Gasteiger partial charge >= 0.3 is 0 Å². The molecule has 1 aliphatic heterocycles. The van der Waals surface area contributed by atoms with Gasteiger partial charge in [0.25, 0.3) is 0 Å². The van der Waals surface area contributed by atoms with E-state index in [0.29, 0.717) is 5.92 Å². The number of hydrogen-bond donors (Lipinski definition) is 1. The molecule has 1 saturated heterocycles. The Labute approximate surface area is 110 Å². The number of carbonyl (C=O) groups excluding carboxylic acids is 1. The summed E-state index contributed by atoms with van der Waals surface area (Å²) in [6, 6.07) is -0.348. The minimum absolute atomic E-state index is 0. The quantitative estimate of drug-likeness (QED) is 0.832. The Bertz CT molecular complexity index is 229. The molecule has 4 nitrogen and oxygen atoms in total. The number of halogens is 1. The molecule has 1 unspecified atom stereocenters. The van der Waals surface area contributed by atoms with Crippen LogP contribution in [-0.2, 0) is 9.53 Å². The number of amides is 1. The summed E-state index contributed by atoms with van der Waals surface area (Å²) < 4.78 is 5.13. The van der Waals surface area contributed by atoms with Crippen molar-refractivity contribution in [2.75, 3.05) is 26.8 Å². The van der Waals surface area contributed by atoms with Gasteiger partial charge in [0, 0.05) is 26.8 Å². The summed E-state index contributed by atoms with van der Waals surface area (Å²) in [5.41, 5.74) is 5.87. The molecule has 1 fully saturated rings. The number of methoxy groups -OCH3 is 1. The Hall–Kier alpha value is -0.320. The Morgan fingerprint density at radius 3 is 2.35 bits per heavy atom. The van der Waals surface area contributed by atoms with Gasteiger partial charge in [-0.25, -0.2) is 0 Å². The summed E-state index contributed by atoms with van der Waals surface area (Å²) in [6.45, 7) is 6.43. The lowest BCUT2D eigenvalue weighted by molar-refractivity contribution is -0.135. The van der Waals surface area contributed by atoms with Crippen molar-refractivity contribution < 1.29 is 9.53 Å². The van der Waals surface area contributed by atoms with E-state index in [1.807, 2.05) is 18.7 Å². The van der Waals surface area contributed by atoms with Crippen molar-refractivity contribution in [3.63, 3.8) is 0 Å². The van der Waals surface area contributed by atoms with E-state index >= 15 is 0 Å². The lowest BCUT2D eigenvalue weighted by Gasteiger charge is -2.34. The maximum atomic E-state index is 12.0. The van der Waals surface area contributed by atoms with Gasteiger partial charge in [0.1, 0.15) is 0 Å². The molecule has 0 aliphatic carbocycles. The molecule has 102 valence electrons. The monoisotopic (exact) mass is 264 g/mol. The highest BCUT2D eigenvalue weighted by Crippen LogP contribution is 2.18. The normalized spacial score (nSPS) is 19.0. The van der Waals surface area contributed by atoms with Crippen molar-refractivity contribution in [3.8, 4) is 0 Å². The average Bonchev–Trinajstić information content (AvgIpc) is 2.28. The molecule has 2 N–H and O–H groups in total. The largest absolute Gasteiger partial charge is 0.384 e. The number of carbonyl (C=O) groups is 1. The molecule has 0 aromatic heterocycles. The molecule has 0 saturated carbocycles. The van der Waals surface area contributed by atoms with Crippen LogP contribution in [0.1, 0.15) is 26.7 Å². The van der Waals surface area contributed by atoms with Crippen LogP contribution in [0.15, 0.2) is 0 Å². The van der Waals surface area contributed by atoms with Gasteiger partial charge in [0.05, 0.1) is 6.04 Å². The third kappa shape index (κ3) is 4.82. The van der Waals surface area contributed by atoms with Crippen molar-refractivity contribution in [3.05, 3.63) is 0 Å². The summed E-state index contributed by atoms with van der Waals surface area (Å²) in [4.78, 5) is 13.9. The second-order valence-electron chi connectivity index (χ2n) is 4.99. The highest BCUT2D eigenvalue weighted by Gasteiger charge is 2.27. The molecule has 5 heteroatoms. The zero-order chi connectivity index (χ0) is 12.1. The van der Waals surface area contributed by atoms with Crippen LogP contribution < -0.4 is 5.73 Å². The maximum absolute atomic E-state index is 12.0. The fraction of sp³-hybridized carbons (Fsp3) is 0.917. The maximum Gasteiger partial charge on any atom is 0.239 e. The second-order valence-corrected chi connectivity index (χ2v) is 4.99. The molecule has 0 radical (unpaired) electrons. The molecular formula is C12H25ClN2O2. The molecule has 1 rings (SSSR count). The number of hydrogen-bond acceptors (Lipinski definition) is 3. The van der Waals surface area contributed by atoms with Gasteiger partial charge in [-0.3, -0.25) is 4.79 Å². The molecule has 0 aromatic rings. The molecule has 1 heterocycles. The van der Waals surface area contributed by atoms with E-state index in [0.717, 1.165) is 32.5 Å². The topological polar surface area (TPSA) is 55.6 Å². The molecule has 17 heavy (non-hydrogen) atoms. The van der Waals surface area contributed by atoms with Gasteiger partial charge in [0.15, 0.2) is 0 Å². The van der Waals surface area contributed by atoms with Crippen LogP contribution in [0.25, 0.3) is 0 Å². The first-order chi connectivity index (χ1) is 7.56. The minimum atomic E-state index is -0.348. The number of likely N-dealkylation sites (tertiary alicyclic amines) is 1. The Balaban J connectivity index is 0.00000256. The molecule has 1 aliphatic rings. The van der Waals surface area contributed by atoms with Crippen molar-refractivity contribution in [2.45, 2.75) is 32.7 Å². The van der Waals surface area contributed by atoms with Gasteiger partial charge < -0.3 is 15.4 Å². The highest BCUT2D eigenvalue weighted by atomic mass is 35.5. The third-order valence-electron chi connectivity index (χ3n) is 3.33. The SMILES string of the molecule is COCC1CCN(C(=O)C(N)C(C)C)CC1.Cl. The highest BCUT2D eigenvalue weighted by molar-refractivity contribution is 5.85. The van der Waals surface area contributed by atoms with Crippen molar-refractivity contribution in [2.24, 2.45) is 17.6 Å². The van der Waals surface area contributed by atoms with E-state index in [4.69, 9.17) is 10.5 Å². The predicted molar refractivity (Wildman–Crippen MR) is 71.2 cm³/mol. The van der Waals surface area contributed by atoms with Gasteiger partial charge in [0.2, 0.25) is 5.91 Å². The van der Waals surface area contributed by atoms with E-state index < -0.39 is 0 Å². The molecule has 1 amide bonds. The smallest absolute Gasteiger partial charge is 0.239 e. The number of nitrogens with two attached hydrogens (primary N) is 1. The van der Waals surface area contributed by atoms with Crippen LogP contribution in [0.4, 0.5) is 0 Å². The van der Waals surface area contributed by atoms with Gasteiger partial charge in [-0.05, 0) is 24.7 Å². The number of piperidine rings is 1. The summed E-state index contributed by atoms with van der Waals surface area (Å²) in [5, 5.41) is 0. The summed E-state index contributed by atoms with van der Waals surface area (Å²) in [6.07, 6.45) is 2.06. The zero-order valence-electron chi connectivity index (χ0n) is 11.0. The molecule has 0 bridgehead atoms. The first kappa shape index (κ1) is 16.7. The summed E-state index contributed by atoms with van der Waals surface area (Å²) >= 11 is 0. The fourth-order valence-electron chi connectivity index (χ4n) is 2.05. The number of rotatable bonds is 4. The van der Waals surface area contributed by atoms with Crippen LogP contribution in [0.2, 0.25) is 0 Å². The fourth-order valence-corrected chi connectivity index (χ4v) is 2.05. The lowest BCUT2D eigenvalue weighted by Crippen LogP contribution is -2.49. The van der Waals surface area contributed by atoms with Crippen LogP contribution in [-0.4, -0.2) is 43.7 Å². The Morgan fingerprint density at radius 1 is 1.41 bits per heavy atom. The lowest BCUT2D eigenvalue weighted by atomic mass is 9.96. The van der Waals surface area contributed by atoms with Crippen LogP contribution in [0, 0.1) is 11.8 Å². The molecule has 0 aromatic carbocycles. The number of nitrogens with zero attached hydrogens (tertiary/aromatic N) is 1. The Kier molecular flexibility index (Phi) is 7.75. The summed E-state index contributed by atoms with van der Waals surface area (Å²) in [7, 11) is 1.73. The third-order valence-corrected chi connectivity index (χ3v) is 3.33. The van der Waals surface area contributed by atoms with Crippen LogP contribution >= 0.6 is 12.4 Å². The van der Waals surface area contributed by atoms with Gasteiger partial charge in [-0.1, -0.05) is 13.8 Å². The van der Waals surface area contributed by atoms with E-state index in [9.17, 15) is 4.79 Å². The van der Waals surface area contributed by atoms with E-state index in [2.05, 4.69) is 0 Å². The van der Waals surface area contributed by atoms with Crippen molar-refractivity contribution in [1.82, 2.24) is 4.90 Å². The van der Waals surface area contributed by atoms with Gasteiger partial charge in [-0.15, -0.1) is 12.4 Å². The second kappa shape index (κ2) is 7.90. The minimum Gasteiger partial charge on any atom is -0.384 e. The molecular weight excluding hydrogens is 240 g/mol. The van der Waals surface area contributed by atoms with Crippen LogP contribution in [0.3, 0.4) is 0 Å². The van der Waals surface area contributed by atoms with E-state index in [1.165, 1.54) is 0 Å². The Morgan fingerprint density at radius 2 is 1.94 bits per heavy atom. The van der Waals surface area contributed by atoms with Crippen molar-refractivity contribution in [1.29, 1.82) is 0 Å².